The second-order valence-corrected chi connectivity index (χ2v) is 11.1. The van der Waals surface area contributed by atoms with Gasteiger partial charge in [-0.3, -0.25) is 0 Å². The molecular weight excluding hydrogens is 604 g/mol. The van der Waals surface area contributed by atoms with Crippen LogP contribution in [-0.4, -0.2) is 101 Å². The van der Waals surface area contributed by atoms with Gasteiger partial charge in [-0.2, -0.15) is 0 Å². The minimum atomic E-state index is -1.67. The maximum Gasteiger partial charge on any atom is 0.338 e. The number of esters is 1. The number of ether oxygens (including phenoxy) is 6. The summed E-state index contributed by atoms with van der Waals surface area (Å²) < 4.78 is 35.0. The van der Waals surface area contributed by atoms with Crippen molar-refractivity contribution in [1.82, 2.24) is 0 Å². The van der Waals surface area contributed by atoms with Gasteiger partial charge < -0.3 is 59.1 Å². The Balaban J connectivity index is 1.48. The molecule has 0 spiro atoms. The number of aryl methyl sites for hydroxylation is 1. The lowest BCUT2D eigenvalue weighted by molar-refractivity contribution is -0.301. The average Bonchev–Trinajstić information content (AvgIpc) is 3.43. The number of benzene rings is 3. The van der Waals surface area contributed by atoms with Crippen molar-refractivity contribution in [3.8, 4) is 28.7 Å². The van der Waals surface area contributed by atoms with E-state index in [1.165, 1.54) is 44.6 Å². The zero-order chi connectivity index (χ0) is 33.0. The molecule has 0 amide bonds. The van der Waals surface area contributed by atoms with Crippen molar-refractivity contribution in [2.24, 2.45) is 0 Å². The molecule has 2 aliphatic rings. The molecule has 7 unspecified atom stereocenters. The molecule has 13 heteroatoms. The fourth-order valence-corrected chi connectivity index (χ4v) is 5.69. The van der Waals surface area contributed by atoms with Crippen LogP contribution in [0.1, 0.15) is 45.5 Å². The largest absolute Gasteiger partial charge is 0.508 e. The molecule has 2 heterocycles. The van der Waals surface area contributed by atoms with Crippen LogP contribution in [0.2, 0.25) is 0 Å². The van der Waals surface area contributed by atoms with Crippen LogP contribution in [0.5, 0.6) is 28.7 Å². The molecule has 0 saturated carbocycles. The van der Waals surface area contributed by atoms with E-state index in [1.54, 1.807) is 12.1 Å². The first-order chi connectivity index (χ1) is 22.2. The molecule has 3 aromatic rings. The fourth-order valence-electron chi connectivity index (χ4n) is 5.69. The molecule has 13 nitrogen and oxygen atoms in total. The Hall–Kier alpha value is -4.11. The summed E-state index contributed by atoms with van der Waals surface area (Å²) >= 11 is 0. The Bertz CT molecular complexity index is 1490. The quantitative estimate of drug-likeness (QED) is 0.157. The summed E-state index contributed by atoms with van der Waals surface area (Å²) in [6.45, 7) is -0.762. The van der Waals surface area contributed by atoms with Crippen molar-refractivity contribution < 1.29 is 63.9 Å². The predicted octanol–water partition coefficient (Wildman–Crippen LogP) is 1.94. The smallest absolute Gasteiger partial charge is 0.338 e. The lowest BCUT2D eigenvalue weighted by Gasteiger charge is -2.41. The average molecular weight is 643 g/mol. The molecule has 6 N–H and O–H groups in total. The minimum absolute atomic E-state index is 0.00183. The number of aliphatic hydroxyl groups excluding tert-OH is 4. The number of rotatable bonds is 12. The molecule has 7 atom stereocenters. The predicted molar refractivity (Wildman–Crippen MR) is 160 cm³/mol. The molecule has 248 valence electrons. The summed E-state index contributed by atoms with van der Waals surface area (Å²) in [5, 5.41) is 60.6. The molecule has 1 fully saturated rings. The van der Waals surface area contributed by atoms with Gasteiger partial charge >= 0.3 is 5.97 Å². The van der Waals surface area contributed by atoms with Crippen LogP contribution in [0.3, 0.4) is 0 Å². The Morgan fingerprint density at radius 1 is 0.913 bits per heavy atom. The first-order valence-corrected chi connectivity index (χ1v) is 14.8. The third-order valence-corrected chi connectivity index (χ3v) is 8.14. The summed E-state index contributed by atoms with van der Waals surface area (Å²) in [4.78, 5) is 13.0. The number of phenols is 2. The van der Waals surface area contributed by atoms with Crippen LogP contribution in [0.4, 0.5) is 0 Å². The van der Waals surface area contributed by atoms with Crippen LogP contribution in [-0.2, 0) is 20.6 Å². The molecule has 0 aromatic heterocycles. The van der Waals surface area contributed by atoms with E-state index in [0.717, 1.165) is 11.1 Å². The zero-order valence-corrected chi connectivity index (χ0v) is 25.3. The third-order valence-electron chi connectivity index (χ3n) is 8.14. The van der Waals surface area contributed by atoms with Gasteiger partial charge in [-0.05, 0) is 66.4 Å². The molecule has 0 radical (unpaired) electrons. The lowest BCUT2D eigenvalue weighted by atomic mass is 9.90. The summed E-state index contributed by atoms with van der Waals surface area (Å²) in [6.07, 6.45) is -7.02. The van der Waals surface area contributed by atoms with Gasteiger partial charge in [-0.15, -0.1) is 0 Å². The van der Waals surface area contributed by atoms with Gasteiger partial charge in [-0.25, -0.2) is 4.79 Å². The molecule has 0 bridgehead atoms. The highest BCUT2D eigenvalue weighted by molar-refractivity contribution is 5.89. The van der Waals surface area contributed by atoms with E-state index >= 15 is 0 Å². The number of carbonyl (C=O) groups is 1. The van der Waals surface area contributed by atoms with Gasteiger partial charge in [0.1, 0.15) is 30.2 Å². The van der Waals surface area contributed by atoms with Crippen molar-refractivity contribution in [3.05, 3.63) is 76.9 Å². The Kier molecular flexibility index (Phi) is 10.5. The Morgan fingerprint density at radius 3 is 2.33 bits per heavy atom. The number of aliphatic hydroxyl groups is 4. The first kappa shape index (κ1) is 33.3. The normalized spacial score (nSPS) is 25.4. The van der Waals surface area contributed by atoms with Gasteiger partial charge in [0, 0.05) is 12.2 Å². The monoisotopic (exact) mass is 642 g/mol. The first-order valence-electron chi connectivity index (χ1n) is 14.8. The highest BCUT2D eigenvalue weighted by Crippen LogP contribution is 2.52. The van der Waals surface area contributed by atoms with E-state index in [9.17, 15) is 35.4 Å². The standard InChI is InChI=1S/C33H38O13/c1-41-24-14-19(7-10-23(24)37)29-22(21-12-17(4-3-11-34)13-25(42-2)30(21)45-29)16-43-33-31(28(39)27(38)26(15-35)44-33)46-32(40)18-5-8-20(36)9-6-18/h5-10,12-14,22,26-29,31,33-39H,3-4,11,15-16H2,1-2H3. The molecule has 5 rings (SSSR count). The lowest BCUT2D eigenvalue weighted by Crippen LogP contribution is -2.60. The zero-order valence-electron chi connectivity index (χ0n) is 25.3. The Labute approximate surface area is 265 Å². The summed E-state index contributed by atoms with van der Waals surface area (Å²) in [5.74, 6) is -0.363. The molecule has 0 aliphatic carbocycles. The third kappa shape index (κ3) is 6.84. The maximum atomic E-state index is 13.0. The number of methoxy groups -OCH3 is 2. The number of phenolic OH excluding ortho intramolecular Hbond substituents is 2. The number of fused-ring (bicyclic) bond motifs is 1. The number of aromatic hydroxyl groups is 2. The van der Waals surface area contributed by atoms with Gasteiger partial charge in [0.2, 0.25) is 0 Å². The van der Waals surface area contributed by atoms with Gasteiger partial charge in [-0.1, -0.05) is 12.1 Å². The topological polar surface area (TPSA) is 194 Å². The van der Waals surface area contributed by atoms with Crippen LogP contribution in [0.25, 0.3) is 0 Å². The number of carbonyl (C=O) groups excluding carboxylic acids is 1. The van der Waals surface area contributed by atoms with Crippen LogP contribution >= 0.6 is 0 Å². The second-order valence-electron chi connectivity index (χ2n) is 11.1. The van der Waals surface area contributed by atoms with Crippen LogP contribution in [0, 0.1) is 0 Å². The van der Waals surface area contributed by atoms with Gasteiger partial charge in [0.25, 0.3) is 0 Å². The van der Waals surface area contributed by atoms with Crippen LogP contribution in [0.15, 0.2) is 54.6 Å². The van der Waals surface area contributed by atoms with Crippen LogP contribution < -0.4 is 14.2 Å². The van der Waals surface area contributed by atoms with E-state index < -0.39 is 55.3 Å². The number of hydrogen-bond acceptors (Lipinski definition) is 13. The SMILES string of the molecule is COc1cc(C2Oc3c(OC)cc(CCCO)cc3C2COC2OC(CO)C(O)C(O)C2OC(=O)c2ccc(O)cc2)ccc1O. The van der Waals surface area contributed by atoms with Crippen molar-refractivity contribution in [2.45, 2.75) is 55.6 Å². The minimum Gasteiger partial charge on any atom is -0.508 e. The van der Waals surface area contributed by atoms with E-state index in [-0.39, 0.29) is 36.0 Å². The highest BCUT2D eigenvalue weighted by Gasteiger charge is 2.48. The molecule has 3 aromatic carbocycles. The second kappa shape index (κ2) is 14.5. The van der Waals surface area contributed by atoms with Crippen molar-refractivity contribution in [1.29, 1.82) is 0 Å². The van der Waals surface area contributed by atoms with Gasteiger partial charge in [0.15, 0.2) is 35.4 Å². The highest BCUT2D eigenvalue weighted by atomic mass is 16.7. The summed E-state index contributed by atoms with van der Waals surface area (Å²) in [5.41, 5.74) is 2.32. The van der Waals surface area contributed by atoms with Gasteiger partial charge in [0.05, 0.1) is 38.9 Å². The molecule has 1 saturated heterocycles. The summed E-state index contributed by atoms with van der Waals surface area (Å²) in [6, 6.07) is 13.8. The van der Waals surface area contributed by atoms with Crippen molar-refractivity contribution in [3.63, 3.8) is 0 Å². The van der Waals surface area contributed by atoms with Crippen molar-refractivity contribution >= 4 is 5.97 Å². The van der Waals surface area contributed by atoms with Crippen molar-refractivity contribution in [2.75, 3.05) is 34.0 Å². The van der Waals surface area contributed by atoms with E-state index in [2.05, 4.69) is 0 Å². The fraction of sp³-hybridized carbons (Fsp3) is 0.424. The Morgan fingerprint density at radius 2 is 1.65 bits per heavy atom. The molecule has 2 aliphatic heterocycles. The van der Waals surface area contributed by atoms with E-state index in [1.807, 2.05) is 12.1 Å². The molecule has 46 heavy (non-hydrogen) atoms. The summed E-state index contributed by atoms with van der Waals surface area (Å²) in [7, 11) is 2.94. The number of hydrogen-bond donors (Lipinski definition) is 6. The molecular formula is C33H38O13. The van der Waals surface area contributed by atoms with E-state index in [0.29, 0.717) is 29.9 Å². The maximum absolute atomic E-state index is 13.0. The van der Waals surface area contributed by atoms with E-state index in [4.69, 9.17) is 28.4 Å².